The molecule has 1 aliphatic heterocycles. The highest BCUT2D eigenvalue weighted by Crippen LogP contribution is 2.32. The van der Waals surface area contributed by atoms with Crippen LogP contribution < -0.4 is 5.56 Å². The van der Waals surface area contributed by atoms with Crippen LogP contribution in [-0.4, -0.2) is 19.3 Å². The van der Waals surface area contributed by atoms with Crippen LogP contribution in [0, 0.1) is 12.8 Å². The van der Waals surface area contributed by atoms with Crippen molar-refractivity contribution in [1.82, 2.24) is 19.3 Å². The Labute approximate surface area is 167 Å². The highest BCUT2D eigenvalue weighted by atomic mass is 35.5. The molecule has 0 spiro atoms. The number of aromatic nitrogens is 4. The molecule has 0 unspecified atom stereocenters. The Morgan fingerprint density at radius 3 is 2.89 bits per heavy atom. The topological polar surface area (TPSA) is 52.7 Å². The molecule has 7 heteroatoms. The predicted molar refractivity (Wildman–Crippen MR) is 113 cm³/mol. The number of allylic oxidation sites excluding steroid dienone is 1. The molecule has 1 aliphatic rings. The molecule has 0 N–H and O–H groups in total. The lowest BCUT2D eigenvalue weighted by atomic mass is 10.1. The fraction of sp³-hybridized carbons (Fsp3) is 0.450. The molecular formula is C20H23ClN4OS. The SMILES string of the molecule is CCc1cc2c(=O)n3c(nc2s1)/C(=C/c1c(C)nn(CC(C)C)c1Cl)CC3. The lowest BCUT2D eigenvalue weighted by Gasteiger charge is -2.06. The number of nitrogens with zero attached hydrogens (tertiary/aromatic N) is 4. The molecule has 142 valence electrons. The van der Waals surface area contributed by atoms with Gasteiger partial charge in [-0.25, -0.2) is 4.98 Å². The van der Waals surface area contributed by atoms with Crippen molar-refractivity contribution in [2.24, 2.45) is 5.92 Å². The van der Waals surface area contributed by atoms with E-state index < -0.39 is 0 Å². The molecular weight excluding hydrogens is 380 g/mol. The quantitative estimate of drug-likeness (QED) is 0.631. The van der Waals surface area contributed by atoms with E-state index in [9.17, 15) is 4.79 Å². The van der Waals surface area contributed by atoms with E-state index in [1.807, 2.05) is 17.7 Å². The number of hydrogen-bond acceptors (Lipinski definition) is 4. The smallest absolute Gasteiger partial charge is 0.262 e. The van der Waals surface area contributed by atoms with Gasteiger partial charge in [-0.15, -0.1) is 11.3 Å². The Morgan fingerprint density at radius 1 is 1.41 bits per heavy atom. The van der Waals surface area contributed by atoms with Crippen LogP contribution in [0.1, 0.15) is 49.2 Å². The number of fused-ring (bicyclic) bond motifs is 2. The van der Waals surface area contributed by atoms with Crippen molar-refractivity contribution in [3.63, 3.8) is 0 Å². The molecule has 0 aliphatic carbocycles. The van der Waals surface area contributed by atoms with Gasteiger partial charge in [-0.1, -0.05) is 32.4 Å². The first kappa shape index (κ1) is 18.4. The van der Waals surface area contributed by atoms with E-state index in [1.54, 1.807) is 15.9 Å². The highest BCUT2D eigenvalue weighted by Gasteiger charge is 2.23. The average molecular weight is 403 g/mol. The van der Waals surface area contributed by atoms with Crippen LogP contribution in [0.15, 0.2) is 10.9 Å². The monoisotopic (exact) mass is 402 g/mol. The molecule has 0 atom stereocenters. The van der Waals surface area contributed by atoms with E-state index in [1.165, 1.54) is 4.88 Å². The predicted octanol–water partition coefficient (Wildman–Crippen LogP) is 4.78. The van der Waals surface area contributed by atoms with E-state index in [-0.39, 0.29) is 5.56 Å². The van der Waals surface area contributed by atoms with Gasteiger partial charge in [0.15, 0.2) is 0 Å². The van der Waals surface area contributed by atoms with Crippen LogP contribution in [0.25, 0.3) is 21.9 Å². The summed E-state index contributed by atoms with van der Waals surface area (Å²) >= 11 is 8.21. The summed E-state index contributed by atoms with van der Waals surface area (Å²) in [6.07, 6.45) is 3.76. The van der Waals surface area contributed by atoms with Gasteiger partial charge in [-0.05, 0) is 43.4 Å². The summed E-state index contributed by atoms with van der Waals surface area (Å²) in [5.41, 5.74) is 2.94. The number of halogens is 1. The summed E-state index contributed by atoms with van der Waals surface area (Å²) in [5, 5.41) is 5.97. The van der Waals surface area contributed by atoms with Gasteiger partial charge >= 0.3 is 0 Å². The molecule has 0 bridgehead atoms. The van der Waals surface area contributed by atoms with E-state index in [0.29, 0.717) is 17.6 Å². The van der Waals surface area contributed by atoms with Crippen molar-refractivity contribution < 1.29 is 0 Å². The molecule has 27 heavy (non-hydrogen) atoms. The average Bonchev–Trinajstić information content (AvgIpc) is 3.28. The maximum atomic E-state index is 12.9. The van der Waals surface area contributed by atoms with E-state index >= 15 is 0 Å². The Kier molecular flexibility index (Phi) is 4.72. The minimum atomic E-state index is 0.0627. The van der Waals surface area contributed by atoms with Crippen molar-refractivity contribution in [3.8, 4) is 0 Å². The fourth-order valence-electron chi connectivity index (χ4n) is 3.55. The summed E-state index contributed by atoms with van der Waals surface area (Å²) in [7, 11) is 0. The first-order valence-electron chi connectivity index (χ1n) is 9.36. The van der Waals surface area contributed by atoms with Gasteiger partial charge in [0, 0.05) is 23.5 Å². The second-order valence-electron chi connectivity index (χ2n) is 7.46. The Morgan fingerprint density at radius 2 is 2.19 bits per heavy atom. The second kappa shape index (κ2) is 6.91. The number of thiophene rings is 1. The van der Waals surface area contributed by atoms with Gasteiger partial charge in [-0.3, -0.25) is 14.0 Å². The van der Waals surface area contributed by atoms with Crippen LogP contribution >= 0.6 is 22.9 Å². The molecule has 4 heterocycles. The standard InChI is InChI=1S/C20H23ClN4OS/c1-5-14-9-16-19(27-14)22-18-13(6-7-24(18)20(16)26)8-15-12(4)23-25(17(15)21)10-11(2)3/h8-9,11H,5-7,10H2,1-4H3/b13-8+. The van der Waals surface area contributed by atoms with Crippen molar-refractivity contribution >= 4 is 44.8 Å². The van der Waals surface area contributed by atoms with Crippen LogP contribution in [0.3, 0.4) is 0 Å². The van der Waals surface area contributed by atoms with Gasteiger partial charge in [-0.2, -0.15) is 5.10 Å². The molecule has 0 aromatic carbocycles. The zero-order chi connectivity index (χ0) is 19.3. The number of aryl methyl sites for hydroxylation is 2. The first-order chi connectivity index (χ1) is 12.9. The Bertz CT molecular complexity index is 1120. The van der Waals surface area contributed by atoms with Crippen LogP contribution in [0.4, 0.5) is 0 Å². The van der Waals surface area contributed by atoms with Crippen molar-refractivity contribution in [2.45, 2.75) is 53.6 Å². The summed E-state index contributed by atoms with van der Waals surface area (Å²) in [6.45, 7) is 9.81. The van der Waals surface area contributed by atoms with Gasteiger partial charge in [0.05, 0.1) is 11.1 Å². The molecule has 0 saturated heterocycles. The highest BCUT2D eigenvalue weighted by molar-refractivity contribution is 7.18. The molecule has 3 aromatic heterocycles. The first-order valence-corrected chi connectivity index (χ1v) is 10.6. The molecule has 3 aromatic rings. The van der Waals surface area contributed by atoms with E-state index in [0.717, 1.165) is 52.3 Å². The van der Waals surface area contributed by atoms with Crippen molar-refractivity contribution in [1.29, 1.82) is 0 Å². The van der Waals surface area contributed by atoms with Gasteiger partial charge in [0.25, 0.3) is 5.56 Å². The van der Waals surface area contributed by atoms with Gasteiger partial charge < -0.3 is 0 Å². The lowest BCUT2D eigenvalue weighted by Crippen LogP contribution is -2.19. The van der Waals surface area contributed by atoms with E-state index in [4.69, 9.17) is 16.6 Å². The van der Waals surface area contributed by atoms with Crippen LogP contribution in [-0.2, 0) is 19.5 Å². The second-order valence-corrected chi connectivity index (χ2v) is 8.94. The van der Waals surface area contributed by atoms with Gasteiger partial charge in [0.1, 0.15) is 15.8 Å². The molecule has 0 saturated carbocycles. The summed E-state index contributed by atoms with van der Waals surface area (Å²) < 4.78 is 3.65. The normalized spacial score (nSPS) is 15.4. The minimum Gasteiger partial charge on any atom is -0.292 e. The molecule has 0 fully saturated rings. The third-order valence-electron chi connectivity index (χ3n) is 4.91. The van der Waals surface area contributed by atoms with Crippen molar-refractivity contribution in [2.75, 3.05) is 0 Å². The van der Waals surface area contributed by atoms with Gasteiger partial charge in [0.2, 0.25) is 0 Å². The zero-order valence-corrected chi connectivity index (χ0v) is 17.6. The molecule has 5 nitrogen and oxygen atoms in total. The summed E-state index contributed by atoms with van der Waals surface area (Å²) in [4.78, 5) is 19.7. The van der Waals surface area contributed by atoms with Crippen LogP contribution in [0.5, 0.6) is 0 Å². The minimum absolute atomic E-state index is 0.0627. The van der Waals surface area contributed by atoms with Crippen molar-refractivity contribution in [3.05, 3.63) is 43.5 Å². The third kappa shape index (κ3) is 3.15. The Balaban J connectivity index is 1.82. The number of hydrogen-bond donors (Lipinski definition) is 0. The maximum absolute atomic E-state index is 12.9. The molecule has 4 rings (SSSR count). The molecule has 0 amide bonds. The lowest BCUT2D eigenvalue weighted by molar-refractivity contribution is 0.482. The van der Waals surface area contributed by atoms with Crippen LogP contribution in [0.2, 0.25) is 5.15 Å². The fourth-order valence-corrected chi connectivity index (χ4v) is 4.80. The third-order valence-corrected chi connectivity index (χ3v) is 6.48. The largest absolute Gasteiger partial charge is 0.292 e. The maximum Gasteiger partial charge on any atom is 0.262 e. The Hall–Kier alpha value is -1.92. The summed E-state index contributed by atoms with van der Waals surface area (Å²) in [5.74, 6) is 1.23. The zero-order valence-electron chi connectivity index (χ0n) is 16.0. The number of rotatable bonds is 4. The summed E-state index contributed by atoms with van der Waals surface area (Å²) in [6, 6.07) is 1.99. The molecule has 0 radical (unpaired) electrons. The van der Waals surface area contributed by atoms with E-state index in [2.05, 4.69) is 31.9 Å².